The van der Waals surface area contributed by atoms with Gasteiger partial charge in [0.25, 0.3) is 5.69 Å². The number of hydrogen-bond acceptors (Lipinski definition) is 5. The van der Waals surface area contributed by atoms with Crippen LogP contribution < -0.4 is 17.5 Å². The monoisotopic (exact) mass is 563 g/mol. The van der Waals surface area contributed by atoms with Crippen LogP contribution in [0.25, 0.3) is 10.8 Å². The number of nitro benzene ring substituents is 1. The molecule has 0 unspecified atom stereocenters. The van der Waals surface area contributed by atoms with Crippen LogP contribution in [0.2, 0.25) is 0 Å². The van der Waals surface area contributed by atoms with Gasteiger partial charge in [0.2, 0.25) is 0 Å². The Hall–Kier alpha value is -2.37. The number of pyridine rings is 1. The maximum atomic E-state index is 12.1. The number of rotatable bonds is 4. The molecule has 0 bridgehead atoms. The molecule has 1 aliphatic rings. The quantitative estimate of drug-likeness (QED) is 0.160. The molecule has 6 radical (unpaired) electrons. The summed E-state index contributed by atoms with van der Waals surface area (Å²) in [5.74, 6) is 2.93. The second kappa shape index (κ2) is 14.1. The van der Waals surface area contributed by atoms with Crippen molar-refractivity contribution in [1.29, 1.82) is 0 Å². The fourth-order valence-corrected chi connectivity index (χ4v) is 2.98. The molecule has 34 heavy (non-hydrogen) atoms. The van der Waals surface area contributed by atoms with Gasteiger partial charge in [-0.1, -0.05) is 45.0 Å². The van der Waals surface area contributed by atoms with Gasteiger partial charge in [-0.2, -0.15) is 0 Å². The van der Waals surface area contributed by atoms with Crippen molar-refractivity contribution in [3.63, 3.8) is 0 Å². The second-order valence-corrected chi connectivity index (χ2v) is 7.67. The number of aliphatic imine (C=N–C) groups is 1. The minimum atomic E-state index is -0.503. The van der Waals surface area contributed by atoms with E-state index in [1.165, 1.54) is 36.1 Å². The van der Waals surface area contributed by atoms with E-state index in [0.717, 1.165) is 10.8 Å². The smallest absolute Gasteiger partial charge is 1.00 e. The maximum absolute atomic E-state index is 12.1. The molecular weight excluding hydrogens is 539 g/mol. The van der Waals surface area contributed by atoms with Gasteiger partial charge in [-0.15, -0.1) is 0 Å². The normalized spacial score (nSPS) is 14.5. The van der Waals surface area contributed by atoms with Gasteiger partial charge in [0.15, 0.2) is 0 Å². The molecule has 0 saturated heterocycles. The molecule has 2 aromatic carbocycles. The first-order valence-corrected chi connectivity index (χ1v) is 10.3. The molecule has 1 heterocycles. The van der Waals surface area contributed by atoms with E-state index in [1.807, 2.05) is 24.3 Å². The van der Waals surface area contributed by atoms with Crippen molar-refractivity contribution >= 4 is 28.0 Å². The SMILES string of the molecule is C[C]1[CH][CH][C](C(C)C)[CH][CH]1.O=[N+]([O-])c1ccc(N=C([O-])c2cc3ccccc3cn2)cc1.[Cl-].[Ru+2]. The van der Waals surface area contributed by atoms with Gasteiger partial charge >= 0.3 is 19.5 Å². The molecule has 4 rings (SSSR count). The summed E-state index contributed by atoms with van der Waals surface area (Å²) < 4.78 is 0. The van der Waals surface area contributed by atoms with Crippen molar-refractivity contribution in [1.82, 2.24) is 4.98 Å². The van der Waals surface area contributed by atoms with Crippen LogP contribution in [-0.2, 0) is 19.5 Å². The Morgan fingerprint density at radius 1 is 0.971 bits per heavy atom. The van der Waals surface area contributed by atoms with E-state index < -0.39 is 10.8 Å². The number of halogens is 1. The first-order valence-electron chi connectivity index (χ1n) is 10.3. The second-order valence-electron chi connectivity index (χ2n) is 7.67. The Bertz CT molecular complexity index is 1080. The molecule has 3 aromatic rings. The molecule has 0 amide bonds. The van der Waals surface area contributed by atoms with Crippen molar-refractivity contribution in [2.24, 2.45) is 10.9 Å². The van der Waals surface area contributed by atoms with E-state index in [4.69, 9.17) is 0 Å². The molecule has 1 saturated carbocycles. The number of nitrogens with zero attached hydrogens (tertiary/aromatic N) is 3. The van der Waals surface area contributed by atoms with Crippen molar-refractivity contribution < 1.29 is 41.9 Å². The summed E-state index contributed by atoms with van der Waals surface area (Å²) >= 11 is 0. The van der Waals surface area contributed by atoms with Gasteiger partial charge in [0, 0.05) is 29.6 Å². The third-order valence-corrected chi connectivity index (χ3v) is 4.89. The molecular formula is C26H24ClN3O3Ru. The molecule has 1 fully saturated rings. The van der Waals surface area contributed by atoms with Crippen molar-refractivity contribution in [3.05, 3.63) is 114 Å². The first-order chi connectivity index (χ1) is 15.3. The molecule has 1 aromatic heterocycles. The van der Waals surface area contributed by atoms with E-state index >= 15 is 0 Å². The molecule has 0 atom stereocenters. The molecule has 1 aliphatic carbocycles. The van der Waals surface area contributed by atoms with Gasteiger partial charge in [0.1, 0.15) is 0 Å². The minimum Gasteiger partial charge on any atom is -1.00 e. The number of hydrogen-bond donors (Lipinski definition) is 0. The van der Waals surface area contributed by atoms with Crippen molar-refractivity contribution in [2.75, 3.05) is 0 Å². The largest absolute Gasteiger partial charge is 2.00 e. The molecule has 176 valence electrons. The summed E-state index contributed by atoms with van der Waals surface area (Å²) in [6.07, 6.45) is 10.3. The standard InChI is InChI=1S/C16H11N3O3.C10H14.ClH.Ru/c20-16(18-13-5-7-14(8-6-13)19(21)22)15-9-11-3-1-2-4-12(11)10-17-15;1-8(2)10-6-4-9(3)5-7-10;;/h1-10H,(H,18,20);4-8H,1-3H3;1H;/q;;;+2/p-2. The molecule has 8 heteroatoms. The zero-order valence-electron chi connectivity index (χ0n) is 19.0. The number of fused-ring (bicyclic) bond motifs is 1. The predicted molar refractivity (Wildman–Crippen MR) is 125 cm³/mol. The van der Waals surface area contributed by atoms with Crippen molar-refractivity contribution in [3.8, 4) is 0 Å². The van der Waals surface area contributed by atoms with Crippen LogP contribution >= 0.6 is 0 Å². The number of nitro groups is 1. The Morgan fingerprint density at radius 2 is 1.56 bits per heavy atom. The van der Waals surface area contributed by atoms with E-state index in [0.29, 0.717) is 11.6 Å². The van der Waals surface area contributed by atoms with Crippen LogP contribution in [-0.4, -0.2) is 15.8 Å². The number of benzene rings is 2. The third kappa shape index (κ3) is 8.45. The summed E-state index contributed by atoms with van der Waals surface area (Å²) in [7, 11) is 0. The van der Waals surface area contributed by atoms with E-state index in [2.05, 4.69) is 56.4 Å². The Kier molecular flexibility index (Phi) is 12.3. The molecule has 6 nitrogen and oxygen atoms in total. The van der Waals surface area contributed by atoms with E-state index in [-0.39, 0.29) is 43.3 Å². The number of non-ortho nitro benzene ring substituents is 1. The van der Waals surface area contributed by atoms with Crippen LogP contribution in [0.5, 0.6) is 0 Å². The first kappa shape index (κ1) is 29.7. The fraction of sp³-hybridized carbons (Fsp3) is 0.154. The van der Waals surface area contributed by atoms with Gasteiger partial charge in [-0.25, -0.2) is 0 Å². The Balaban J connectivity index is 0.000000411. The van der Waals surface area contributed by atoms with Gasteiger partial charge in [-0.3, -0.25) is 20.1 Å². The topological polar surface area (TPSA) is 91.5 Å². The van der Waals surface area contributed by atoms with Crippen LogP contribution in [0, 0.1) is 53.6 Å². The van der Waals surface area contributed by atoms with Gasteiger partial charge < -0.3 is 17.5 Å². The molecule has 0 aliphatic heterocycles. The summed E-state index contributed by atoms with van der Waals surface area (Å²) in [6, 6.07) is 14.7. The zero-order valence-corrected chi connectivity index (χ0v) is 21.5. The average molecular weight is 563 g/mol. The average Bonchev–Trinajstić information content (AvgIpc) is 2.80. The van der Waals surface area contributed by atoms with E-state index in [9.17, 15) is 15.2 Å². The summed E-state index contributed by atoms with van der Waals surface area (Å²) in [5, 5.41) is 24.5. The van der Waals surface area contributed by atoms with Gasteiger partial charge in [-0.05, 0) is 67.0 Å². The van der Waals surface area contributed by atoms with Crippen LogP contribution in [0.1, 0.15) is 26.5 Å². The van der Waals surface area contributed by atoms with Crippen LogP contribution in [0.4, 0.5) is 11.4 Å². The summed E-state index contributed by atoms with van der Waals surface area (Å²) in [5.41, 5.74) is 0.540. The van der Waals surface area contributed by atoms with Crippen molar-refractivity contribution in [2.45, 2.75) is 20.8 Å². The van der Waals surface area contributed by atoms with Crippen LogP contribution in [0.15, 0.2) is 65.8 Å². The van der Waals surface area contributed by atoms with E-state index in [1.54, 1.807) is 12.3 Å². The fourth-order valence-electron chi connectivity index (χ4n) is 2.98. The minimum absolute atomic E-state index is 0. The molecule has 0 spiro atoms. The Labute approximate surface area is 220 Å². The van der Waals surface area contributed by atoms with Crippen LogP contribution in [0.3, 0.4) is 0 Å². The zero-order chi connectivity index (χ0) is 23.1. The molecule has 0 N–H and O–H groups in total. The van der Waals surface area contributed by atoms with Gasteiger partial charge in [0.05, 0.1) is 16.3 Å². The summed E-state index contributed by atoms with van der Waals surface area (Å²) in [6.45, 7) is 6.54. The Morgan fingerprint density at radius 3 is 2.12 bits per heavy atom. The third-order valence-electron chi connectivity index (χ3n) is 4.89. The summed E-state index contributed by atoms with van der Waals surface area (Å²) in [4.78, 5) is 18.1. The number of aromatic nitrogens is 1. The predicted octanol–water partition coefficient (Wildman–Crippen LogP) is 2.23. The maximum Gasteiger partial charge on any atom is 2.00 e.